The molecular weight excluding hydrogens is 635 g/mol. The molecule has 248 valence electrons. The van der Waals surface area contributed by atoms with Gasteiger partial charge in [0.05, 0.1) is 0 Å². The van der Waals surface area contributed by atoms with Crippen LogP contribution in [-0.2, 0) is 0 Å². The second-order valence-electron chi connectivity index (χ2n) is 13.6. The first-order valence-corrected chi connectivity index (χ1v) is 17.5. The van der Waals surface area contributed by atoms with Gasteiger partial charge in [-0.1, -0.05) is 139 Å². The van der Waals surface area contributed by atoms with Crippen LogP contribution in [0.5, 0.6) is 0 Å². The Kier molecular flexibility index (Phi) is 7.52. The molecule has 0 radical (unpaired) electrons. The molecule has 0 saturated heterocycles. The third-order valence-electron chi connectivity index (χ3n) is 9.96. The van der Waals surface area contributed by atoms with Gasteiger partial charge in [-0.15, -0.1) is 0 Å². The SMILES string of the molecule is CC(C)=C/C=C\c1cc2ccccc2c2cc(-c3cccc4c3oc3cccc(/C(N)=N/C(=N)c5ccc6c(ccc7ccccc76)c5)c34)ccc12. The van der Waals surface area contributed by atoms with E-state index in [1.165, 1.54) is 43.5 Å². The van der Waals surface area contributed by atoms with Crippen LogP contribution in [0.2, 0.25) is 0 Å². The fourth-order valence-corrected chi connectivity index (χ4v) is 7.48. The molecule has 0 amide bonds. The second-order valence-corrected chi connectivity index (χ2v) is 13.6. The smallest absolute Gasteiger partial charge is 0.154 e. The largest absolute Gasteiger partial charge is 0.455 e. The summed E-state index contributed by atoms with van der Waals surface area (Å²) < 4.78 is 6.62. The summed E-state index contributed by atoms with van der Waals surface area (Å²) in [6.07, 6.45) is 6.45. The molecule has 0 spiro atoms. The molecule has 0 aliphatic rings. The van der Waals surface area contributed by atoms with Crippen molar-refractivity contribution in [3.05, 3.63) is 174 Å². The fourth-order valence-electron chi connectivity index (χ4n) is 7.48. The Morgan fingerprint density at radius 1 is 0.635 bits per heavy atom. The van der Waals surface area contributed by atoms with Crippen molar-refractivity contribution >= 4 is 82.8 Å². The molecule has 52 heavy (non-hydrogen) atoms. The lowest BCUT2D eigenvalue weighted by molar-refractivity contribution is 0.670. The van der Waals surface area contributed by atoms with E-state index in [4.69, 9.17) is 15.6 Å². The number of nitrogens with one attached hydrogen (secondary N) is 1. The van der Waals surface area contributed by atoms with Crippen LogP contribution in [0.1, 0.15) is 30.5 Å². The highest BCUT2D eigenvalue weighted by Crippen LogP contribution is 2.40. The summed E-state index contributed by atoms with van der Waals surface area (Å²) in [6, 6.07) is 48.2. The topological polar surface area (TPSA) is 75.4 Å². The van der Waals surface area contributed by atoms with E-state index >= 15 is 0 Å². The Bertz CT molecular complexity index is 3010. The molecular formula is C48H35N3O. The van der Waals surface area contributed by atoms with Crippen LogP contribution in [0.4, 0.5) is 0 Å². The van der Waals surface area contributed by atoms with Crippen molar-refractivity contribution in [3.63, 3.8) is 0 Å². The van der Waals surface area contributed by atoms with Crippen molar-refractivity contribution in [2.45, 2.75) is 13.8 Å². The molecule has 0 atom stereocenters. The number of fused-ring (bicyclic) bond motifs is 9. The van der Waals surface area contributed by atoms with Gasteiger partial charge in [-0.3, -0.25) is 5.41 Å². The highest BCUT2D eigenvalue weighted by atomic mass is 16.3. The Morgan fingerprint density at radius 2 is 1.33 bits per heavy atom. The predicted molar refractivity (Wildman–Crippen MR) is 222 cm³/mol. The summed E-state index contributed by atoms with van der Waals surface area (Å²) >= 11 is 0. The van der Waals surface area contributed by atoms with Crippen molar-refractivity contribution in [2.75, 3.05) is 0 Å². The van der Waals surface area contributed by atoms with Gasteiger partial charge in [0, 0.05) is 27.5 Å². The van der Waals surface area contributed by atoms with Gasteiger partial charge in [0.1, 0.15) is 17.0 Å². The molecule has 4 heteroatoms. The Balaban J connectivity index is 1.14. The molecule has 4 nitrogen and oxygen atoms in total. The number of aliphatic imine (C=N–C) groups is 1. The maximum atomic E-state index is 8.92. The van der Waals surface area contributed by atoms with Crippen LogP contribution in [-0.4, -0.2) is 11.7 Å². The summed E-state index contributed by atoms with van der Waals surface area (Å²) in [5, 5.41) is 20.2. The highest BCUT2D eigenvalue weighted by Gasteiger charge is 2.18. The fraction of sp³-hybridized carbons (Fsp3) is 0.0417. The monoisotopic (exact) mass is 669 g/mol. The standard InChI is InChI=1S/C48H35N3O/c1-29(2)10-7-13-32-26-31-12-4-6-15-37(31)43-28-34(22-24-39(32)43)40-16-8-17-41-45-42(18-9-19-44(45)52-46(40)41)48(50)51-47(49)35-23-25-38-33(27-35)21-20-30-11-3-5-14-36(30)38/h3-28H,1-2H3,(H3,49,50,51)/b13-7-. The number of benzene rings is 8. The maximum Gasteiger partial charge on any atom is 0.154 e. The quantitative estimate of drug-likeness (QED) is 0.0828. The van der Waals surface area contributed by atoms with Gasteiger partial charge >= 0.3 is 0 Å². The van der Waals surface area contributed by atoms with Crippen molar-refractivity contribution in [1.29, 1.82) is 5.41 Å². The minimum absolute atomic E-state index is 0.108. The van der Waals surface area contributed by atoms with Gasteiger partial charge in [0.15, 0.2) is 5.84 Å². The molecule has 1 heterocycles. The van der Waals surface area contributed by atoms with Gasteiger partial charge in [0.25, 0.3) is 0 Å². The summed E-state index contributed by atoms with van der Waals surface area (Å²) in [4.78, 5) is 4.63. The zero-order chi connectivity index (χ0) is 35.3. The lowest BCUT2D eigenvalue weighted by atomic mass is 9.93. The number of rotatable bonds is 5. The van der Waals surface area contributed by atoms with E-state index in [1.807, 2.05) is 36.4 Å². The van der Waals surface area contributed by atoms with E-state index in [0.29, 0.717) is 5.56 Å². The van der Waals surface area contributed by atoms with Crippen molar-refractivity contribution in [3.8, 4) is 11.1 Å². The third kappa shape index (κ3) is 5.33. The number of furan rings is 1. The van der Waals surface area contributed by atoms with Crippen LogP contribution in [0, 0.1) is 5.41 Å². The summed E-state index contributed by atoms with van der Waals surface area (Å²) in [5.41, 5.74) is 14.2. The molecule has 3 N–H and O–H groups in total. The second kappa shape index (κ2) is 12.5. The molecule has 0 saturated carbocycles. The van der Waals surface area contributed by atoms with Gasteiger partial charge in [-0.25, -0.2) is 4.99 Å². The number of hydrogen-bond acceptors (Lipinski definition) is 2. The molecule has 0 fully saturated rings. The summed E-state index contributed by atoms with van der Waals surface area (Å²) in [6.45, 7) is 4.22. The Labute approximate surface area is 301 Å². The zero-order valence-electron chi connectivity index (χ0n) is 28.9. The highest BCUT2D eigenvalue weighted by molar-refractivity contribution is 6.22. The van der Waals surface area contributed by atoms with E-state index < -0.39 is 0 Å². The lowest BCUT2D eigenvalue weighted by Crippen LogP contribution is -2.16. The van der Waals surface area contributed by atoms with Crippen molar-refractivity contribution in [2.24, 2.45) is 10.7 Å². The van der Waals surface area contributed by atoms with Crippen molar-refractivity contribution < 1.29 is 4.42 Å². The Hall–Kier alpha value is -6.78. The maximum absolute atomic E-state index is 8.92. The van der Waals surface area contributed by atoms with Gasteiger partial charge in [0.2, 0.25) is 0 Å². The molecule has 0 bridgehead atoms. The van der Waals surface area contributed by atoms with Crippen LogP contribution < -0.4 is 5.73 Å². The van der Waals surface area contributed by atoms with Crippen molar-refractivity contribution in [1.82, 2.24) is 0 Å². The summed E-state index contributed by atoms with van der Waals surface area (Å²) in [7, 11) is 0. The van der Waals surface area contributed by atoms with Crippen LogP contribution in [0.25, 0.3) is 82.2 Å². The van der Waals surface area contributed by atoms with Crippen LogP contribution in [0.3, 0.4) is 0 Å². The van der Waals surface area contributed by atoms with E-state index in [-0.39, 0.29) is 11.7 Å². The van der Waals surface area contributed by atoms with E-state index in [2.05, 4.69) is 140 Å². The normalized spacial score (nSPS) is 12.2. The number of amidine groups is 2. The first kappa shape index (κ1) is 31.2. The van der Waals surface area contributed by atoms with Crippen LogP contribution >= 0.6 is 0 Å². The number of nitrogens with zero attached hydrogens (tertiary/aromatic N) is 1. The minimum atomic E-state index is 0.108. The number of para-hydroxylation sites is 1. The number of nitrogens with two attached hydrogens (primary N) is 1. The average molecular weight is 670 g/mol. The first-order valence-electron chi connectivity index (χ1n) is 17.5. The van der Waals surface area contributed by atoms with Gasteiger partial charge in [-0.05, 0) is 92.3 Å². The zero-order valence-corrected chi connectivity index (χ0v) is 28.9. The molecule has 0 aliphatic carbocycles. The molecule has 0 unspecified atom stereocenters. The van der Waals surface area contributed by atoms with E-state index in [1.54, 1.807) is 0 Å². The molecule has 0 aliphatic heterocycles. The molecule has 9 aromatic rings. The first-order chi connectivity index (χ1) is 25.4. The molecule has 9 rings (SSSR count). The lowest BCUT2D eigenvalue weighted by Gasteiger charge is -2.11. The third-order valence-corrected chi connectivity index (χ3v) is 9.96. The molecule has 8 aromatic carbocycles. The van der Waals surface area contributed by atoms with E-state index in [9.17, 15) is 0 Å². The number of hydrogen-bond donors (Lipinski definition) is 2. The average Bonchev–Trinajstić information content (AvgIpc) is 3.56. The van der Waals surface area contributed by atoms with Gasteiger partial charge < -0.3 is 10.2 Å². The number of allylic oxidation sites excluding steroid dienone is 3. The van der Waals surface area contributed by atoms with Gasteiger partial charge in [-0.2, -0.15) is 0 Å². The van der Waals surface area contributed by atoms with Crippen LogP contribution in [0.15, 0.2) is 167 Å². The Morgan fingerprint density at radius 3 is 2.17 bits per heavy atom. The predicted octanol–water partition coefficient (Wildman–Crippen LogP) is 12.6. The van der Waals surface area contributed by atoms with E-state index in [0.717, 1.165) is 49.4 Å². The summed E-state index contributed by atoms with van der Waals surface area (Å²) in [5.74, 6) is 0.379. The minimum Gasteiger partial charge on any atom is -0.455 e. The molecule has 1 aromatic heterocycles.